The smallest absolute Gasteiger partial charge is 0.224 e. The number of halogens is 2. The lowest BCUT2D eigenvalue weighted by Gasteiger charge is -2.09. The van der Waals surface area contributed by atoms with Gasteiger partial charge in [-0.15, -0.1) is 12.4 Å². The molecular weight excluding hydrogens is 408 g/mol. The van der Waals surface area contributed by atoms with Crippen molar-refractivity contribution in [3.8, 4) is 11.5 Å². The second-order valence-electron chi connectivity index (χ2n) is 5.26. The summed E-state index contributed by atoms with van der Waals surface area (Å²) in [6, 6.07) is 12.9. The Hall–Kier alpha value is -1.92. The fourth-order valence-corrected chi connectivity index (χ4v) is 2.41. The van der Waals surface area contributed by atoms with Crippen molar-refractivity contribution in [3.63, 3.8) is 0 Å². The number of hydrogen-bond acceptors (Lipinski definition) is 4. The monoisotopic (exact) mass is 428 g/mol. The number of nitrogens with two attached hydrogens (primary N) is 1. The van der Waals surface area contributed by atoms with E-state index in [1.807, 2.05) is 24.3 Å². The zero-order valence-electron chi connectivity index (χ0n) is 14.0. The molecule has 2 aromatic rings. The van der Waals surface area contributed by atoms with Crippen molar-refractivity contribution in [2.24, 2.45) is 0 Å². The third-order valence-electron chi connectivity index (χ3n) is 3.39. The molecule has 0 aliphatic heterocycles. The highest BCUT2D eigenvalue weighted by molar-refractivity contribution is 9.10. The lowest BCUT2D eigenvalue weighted by Crippen LogP contribution is -2.12. The number of carbonyl (C=O) groups excluding carboxylic acids is 1. The third kappa shape index (κ3) is 7.23. The van der Waals surface area contributed by atoms with Crippen LogP contribution in [-0.4, -0.2) is 19.6 Å². The van der Waals surface area contributed by atoms with E-state index in [2.05, 4.69) is 21.2 Å². The van der Waals surface area contributed by atoms with Crippen LogP contribution in [0.4, 0.5) is 11.4 Å². The van der Waals surface area contributed by atoms with Gasteiger partial charge < -0.3 is 20.5 Å². The molecule has 0 heterocycles. The molecule has 0 aliphatic carbocycles. The number of nitrogens with one attached hydrogen (secondary N) is 1. The molecule has 0 fully saturated rings. The van der Waals surface area contributed by atoms with Crippen LogP contribution < -0.4 is 20.5 Å². The van der Waals surface area contributed by atoms with E-state index < -0.39 is 0 Å². The van der Waals surface area contributed by atoms with Crippen LogP contribution in [-0.2, 0) is 4.79 Å². The number of rotatable bonds is 8. The first-order valence-electron chi connectivity index (χ1n) is 7.70. The number of nitrogen functional groups attached to an aromatic ring is 1. The number of amides is 1. The van der Waals surface area contributed by atoms with E-state index in [1.54, 1.807) is 25.3 Å². The molecule has 2 aromatic carbocycles. The minimum Gasteiger partial charge on any atom is -0.495 e. The zero-order valence-corrected chi connectivity index (χ0v) is 16.4. The molecule has 25 heavy (non-hydrogen) atoms. The Morgan fingerprint density at radius 2 is 1.88 bits per heavy atom. The Balaban J connectivity index is 0.00000312. The van der Waals surface area contributed by atoms with Crippen molar-refractivity contribution < 1.29 is 14.3 Å². The second kappa shape index (κ2) is 10.8. The number of ether oxygens (including phenoxy) is 2. The van der Waals surface area contributed by atoms with Crippen molar-refractivity contribution in [1.82, 2.24) is 0 Å². The second-order valence-corrected chi connectivity index (χ2v) is 6.18. The number of hydrogen-bond donors (Lipinski definition) is 2. The molecule has 0 saturated heterocycles. The molecule has 136 valence electrons. The predicted molar refractivity (Wildman–Crippen MR) is 107 cm³/mol. The van der Waals surface area contributed by atoms with Gasteiger partial charge in [0.15, 0.2) is 0 Å². The van der Waals surface area contributed by atoms with E-state index >= 15 is 0 Å². The lowest BCUT2D eigenvalue weighted by atomic mass is 10.2. The van der Waals surface area contributed by atoms with Gasteiger partial charge in [-0.2, -0.15) is 0 Å². The fourth-order valence-electron chi connectivity index (χ4n) is 2.14. The maximum absolute atomic E-state index is 11.9. The molecule has 1 amide bonds. The molecule has 0 unspecified atom stereocenters. The summed E-state index contributed by atoms with van der Waals surface area (Å²) in [7, 11) is 1.56. The van der Waals surface area contributed by atoms with E-state index in [0.717, 1.165) is 23.1 Å². The number of benzene rings is 2. The van der Waals surface area contributed by atoms with E-state index in [-0.39, 0.29) is 18.3 Å². The Morgan fingerprint density at radius 1 is 1.16 bits per heavy atom. The fraction of sp³-hybridized carbons (Fsp3) is 0.278. The highest BCUT2D eigenvalue weighted by Crippen LogP contribution is 2.24. The Morgan fingerprint density at radius 3 is 2.52 bits per heavy atom. The number of unbranched alkanes of at least 4 members (excludes halogenated alkanes) is 1. The highest BCUT2D eigenvalue weighted by atomic mass is 79.9. The molecule has 0 radical (unpaired) electrons. The van der Waals surface area contributed by atoms with Crippen LogP contribution in [0.1, 0.15) is 19.3 Å². The highest BCUT2D eigenvalue weighted by Gasteiger charge is 2.05. The van der Waals surface area contributed by atoms with Crippen LogP contribution >= 0.6 is 28.3 Å². The molecule has 0 atom stereocenters. The topological polar surface area (TPSA) is 73.6 Å². The van der Waals surface area contributed by atoms with E-state index in [4.69, 9.17) is 15.2 Å². The van der Waals surface area contributed by atoms with E-state index in [9.17, 15) is 4.79 Å². The number of carbonyl (C=O) groups is 1. The standard InChI is InChI=1S/C18H21BrN2O3.ClH/c1-23-17-10-7-14(12-16(17)20)21-18(22)4-2-3-11-24-15-8-5-13(19)6-9-15;/h5-10,12H,2-4,11,20H2,1H3,(H,21,22);1H. The van der Waals surface area contributed by atoms with Crippen molar-refractivity contribution in [1.29, 1.82) is 0 Å². The Labute approximate surface area is 162 Å². The van der Waals surface area contributed by atoms with Gasteiger partial charge in [-0.05, 0) is 55.3 Å². The molecular formula is C18H22BrClN2O3. The van der Waals surface area contributed by atoms with E-state index in [0.29, 0.717) is 30.2 Å². The molecule has 5 nitrogen and oxygen atoms in total. The van der Waals surface area contributed by atoms with Crippen molar-refractivity contribution in [2.75, 3.05) is 24.8 Å². The van der Waals surface area contributed by atoms with Crippen LogP contribution in [0.25, 0.3) is 0 Å². The average Bonchev–Trinajstić information content (AvgIpc) is 2.56. The van der Waals surface area contributed by atoms with Gasteiger partial charge in [-0.3, -0.25) is 4.79 Å². The maximum atomic E-state index is 11.9. The van der Waals surface area contributed by atoms with Gasteiger partial charge in [-0.1, -0.05) is 15.9 Å². The number of anilines is 2. The molecule has 0 aromatic heterocycles. The SMILES string of the molecule is COc1ccc(NC(=O)CCCCOc2ccc(Br)cc2)cc1N.Cl. The molecule has 0 aliphatic rings. The van der Waals surface area contributed by atoms with Gasteiger partial charge in [0.2, 0.25) is 5.91 Å². The minimum atomic E-state index is -0.0387. The molecule has 7 heteroatoms. The number of methoxy groups -OCH3 is 1. The van der Waals surface area contributed by atoms with Crippen LogP contribution in [0.3, 0.4) is 0 Å². The summed E-state index contributed by atoms with van der Waals surface area (Å²) < 4.78 is 11.7. The first kappa shape index (κ1) is 21.1. The predicted octanol–water partition coefficient (Wildman–Crippen LogP) is 4.65. The van der Waals surface area contributed by atoms with Crippen LogP contribution in [0.15, 0.2) is 46.9 Å². The van der Waals surface area contributed by atoms with Crippen molar-refractivity contribution in [3.05, 3.63) is 46.9 Å². The summed E-state index contributed by atoms with van der Waals surface area (Å²) in [5.41, 5.74) is 6.99. The van der Waals surface area contributed by atoms with Crippen LogP contribution in [0, 0.1) is 0 Å². The minimum absolute atomic E-state index is 0. The Kier molecular flexibility index (Phi) is 9.16. The summed E-state index contributed by atoms with van der Waals surface area (Å²) in [5, 5.41) is 2.83. The maximum Gasteiger partial charge on any atom is 0.224 e. The quantitative estimate of drug-likeness (QED) is 0.473. The van der Waals surface area contributed by atoms with Gasteiger partial charge in [0.1, 0.15) is 11.5 Å². The molecule has 0 saturated carbocycles. The van der Waals surface area contributed by atoms with Crippen LogP contribution in [0.2, 0.25) is 0 Å². The van der Waals surface area contributed by atoms with Gasteiger partial charge in [0.05, 0.1) is 19.4 Å². The van der Waals surface area contributed by atoms with Gasteiger partial charge in [-0.25, -0.2) is 0 Å². The summed E-state index contributed by atoms with van der Waals surface area (Å²) in [4.78, 5) is 11.9. The summed E-state index contributed by atoms with van der Waals surface area (Å²) in [6.07, 6.45) is 2.01. The lowest BCUT2D eigenvalue weighted by molar-refractivity contribution is -0.116. The molecule has 0 spiro atoms. The molecule has 3 N–H and O–H groups in total. The van der Waals surface area contributed by atoms with Gasteiger partial charge in [0.25, 0.3) is 0 Å². The normalized spacial score (nSPS) is 9.84. The average molecular weight is 430 g/mol. The molecule has 0 bridgehead atoms. The zero-order chi connectivity index (χ0) is 17.4. The first-order chi connectivity index (χ1) is 11.6. The molecule has 2 rings (SSSR count). The summed E-state index contributed by atoms with van der Waals surface area (Å²) in [6.45, 7) is 0.588. The Bertz CT molecular complexity index is 681. The van der Waals surface area contributed by atoms with Crippen molar-refractivity contribution in [2.45, 2.75) is 19.3 Å². The van der Waals surface area contributed by atoms with Gasteiger partial charge >= 0.3 is 0 Å². The first-order valence-corrected chi connectivity index (χ1v) is 8.49. The van der Waals surface area contributed by atoms with Crippen molar-refractivity contribution >= 4 is 45.6 Å². The van der Waals surface area contributed by atoms with E-state index in [1.165, 1.54) is 0 Å². The summed E-state index contributed by atoms with van der Waals surface area (Å²) >= 11 is 3.38. The largest absolute Gasteiger partial charge is 0.495 e. The van der Waals surface area contributed by atoms with Gasteiger partial charge in [0, 0.05) is 16.6 Å². The van der Waals surface area contributed by atoms with Crippen LogP contribution in [0.5, 0.6) is 11.5 Å². The summed E-state index contributed by atoms with van der Waals surface area (Å²) in [5.74, 6) is 1.39. The third-order valence-corrected chi connectivity index (χ3v) is 3.92.